The fourth-order valence-electron chi connectivity index (χ4n) is 8.77. The molecule has 2 saturated heterocycles. The van der Waals surface area contributed by atoms with Gasteiger partial charge in [-0.15, -0.1) is 0 Å². The zero-order valence-electron chi connectivity index (χ0n) is 27.9. The highest BCUT2D eigenvalue weighted by molar-refractivity contribution is 5.99. The molecule has 8 heteroatoms. The zero-order chi connectivity index (χ0) is 31.6. The first-order chi connectivity index (χ1) is 21.7. The van der Waals surface area contributed by atoms with Crippen molar-refractivity contribution in [2.24, 2.45) is 17.8 Å². The van der Waals surface area contributed by atoms with Crippen LogP contribution in [0, 0.1) is 30.5 Å². The van der Waals surface area contributed by atoms with E-state index in [0.717, 1.165) is 76.4 Å². The number of benzene rings is 1. The number of aromatic nitrogens is 1. The fraction of sp³-hybridized carbons (Fsp3) is 0.730. The molecule has 0 radical (unpaired) electrons. The maximum atomic E-state index is 14.6. The molecule has 4 unspecified atom stereocenters. The third-order valence-electron chi connectivity index (χ3n) is 11.7. The Hall–Kier alpha value is -2.45. The monoisotopic (exact) mass is 621 g/mol. The van der Waals surface area contributed by atoms with Crippen molar-refractivity contribution < 1.29 is 14.0 Å². The number of rotatable bonds is 6. The summed E-state index contributed by atoms with van der Waals surface area (Å²) in [6.07, 6.45) is 16.9. The van der Waals surface area contributed by atoms with Gasteiger partial charge in [0.2, 0.25) is 5.91 Å². The van der Waals surface area contributed by atoms with E-state index in [1.165, 1.54) is 44.6 Å². The molecule has 7 nitrogen and oxygen atoms in total. The van der Waals surface area contributed by atoms with E-state index in [-0.39, 0.29) is 53.1 Å². The second-order valence-corrected chi connectivity index (χ2v) is 15.2. The molecule has 2 aromatic rings. The molecule has 4 fully saturated rings. The molecule has 1 aromatic carbocycles. The van der Waals surface area contributed by atoms with Crippen LogP contribution in [0.15, 0.2) is 18.2 Å². The number of H-pyrrole nitrogens is 1. The average molecular weight is 622 g/mol. The third-order valence-corrected chi connectivity index (χ3v) is 11.7. The standard InChI is InChI=1S/C37H56FN5O2/c1-24-12-15-30(38)28-23-31(40-32(24)28)36(45)41-34(26-13-14-26)33-25(2)22-29(35(44)39-27-16-20-43(3)21-17-27)37(42-33)18-10-8-6-4-5-7-9-11-19-37/h12,15,23,25-27,29,33-34,40,42H,4-11,13-14,16-22H2,1-3H3,(H,39,44)(H,41,45). The van der Waals surface area contributed by atoms with Crippen molar-refractivity contribution in [2.75, 3.05) is 20.1 Å². The molecule has 2 saturated carbocycles. The van der Waals surface area contributed by atoms with E-state index in [9.17, 15) is 14.0 Å². The lowest BCUT2D eigenvalue weighted by Gasteiger charge is -2.53. The normalized spacial score (nSPS) is 28.0. The minimum absolute atomic E-state index is 0.0298. The van der Waals surface area contributed by atoms with E-state index in [0.29, 0.717) is 22.5 Å². The summed E-state index contributed by atoms with van der Waals surface area (Å²) in [4.78, 5) is 33.6. The number of nitrogens with zero attached hydrogens (tertiary/aromatic N) is 1. The van der Waals surface area contributed by atoms with Crippen LogP contribution in [-0.4, -0.2) is 65.5 Å². The Labute approximate surface area is 269 Å². The lowest BCUT2D eigenvalue weighted by Crippen LogP contribution is -2.69. The smallest absolute Gasteiger partial charge is 0.268 e. The molecule has 4 N–H and O–H groups in total. The summed E-state index contributed by atoms with van der Waals surface area (Å²) < 4.78 is 14.6. The van der Waals surface area contributed by atoms with Gasteiger partial charge in [-0.3, -0.25) is 9.59 Å². The number of amides is 2. The van der Waals surface area contributed by atoms with E-state index in [1.54, 1.807) is 12.1 Å². The van der Waals surface area contributed by atoms with Gasteiger partial charge in [-0.2, -0.15) is 0 Å². The summed E-state index contributed by atoms with van der Waals surface area (Å²) in [7, 11) is 2.16. The molecule has 0 bridgehead atoms. The first kappa shape index (κ1) is 32.5. The summed E-state index contributed by atoms with van der Waals surface area (Å²) in [5.41, 5.74) is 1.75. The zero-order valence-corrected chi connectivity index (χ0v) is 27.9. The van der Waals surface area contributed by atoms with Crippen LogP contribution in [-0.2, 0) is 4.79 Å². The highest BCUT2D eigenvalue weighted by Gasteiger charge is 2.52. The van der Waals surface area contributed by atoms with Gasteiger partial charge in [0, 0.05) is 29.1 Å². The van der Waals surface area contributed by atoms with E-state index < -0.39 is 0 Å². The minimum Gasteiger partial charge on any atom is -0.353 e. The minimum atomic E-state index is -0.314. The predicted octanol–water partition coefficient (Wildman–Crippen LogP) is 6.60. The molecule has 6 rings (SSSR count). The molecule has 248 valence electrons. The number of halogens is 1. The van der Waals surface area contributed by atoms with Gasteiger partial charge in [-0.1, -0.05) is 64.4 Å². The second-order valence-electron chi connectivity index (χ2n) is 15.2. The Morgan fingerprint density at radius 3 is 2.24 bits per heavy atom. The Morgan fingerprint density at radius 1 is 0.978 bits per heavy atom. The van der Waals surface area contributed by atoms with Crippen molar-refractivity contribution in [1.82, 2.24) is 25.8 Å². The summed E-state index contributed by atoms with van der Waals surface area (Å²) in [5.74, 6) is 0.329. The van der Waals surface area contributed by atoms with Crippen molar-refractivity contribution in [2.45, 2.75) is 134 Å². The summed E-state index contributed by atoms with van der Waals surface area (Å²) in [5, 5.41) is 11.6. The molecule has 1 aromatic heterocycles. The molecule has 3 heterocycles. The second kappa shape index (κ2) is 14.1. The van der Waals surface area contributed by atoms with Crippen LogP contribution in [0.1, 0.15) is 119 Å². The van der Waals surface area contributed by atoms with Crippen LogP contribution in [0.4, 0.5) is 4.39 Å². The van der Waals surface area contributed by atoms with Gasteiger partial charge in [-0.05, 0) is 102 Å². The quantitative estimate of drug-likeness (QED) is 0.293. The van der Waals surface area contributed by atoms with Crippen molar-refractivity contribution >= 4 is 22.7 Å². The number of likely N-dealkylation sites (tertiary alicyclic amines) is 1. The molecule has 2 aliphatic carbocycles. The Bertz CT molecular complexity index is 1280. The van der Waals surface area contributed by atoms with Crippen molar-refractivity contribution in [1.29, 1.82) is 0 Å². The third kappa shape index (κ3) is 7.43. The Morgan fingerprint density at radius 2 is 1.62 bits per heavy atom. The van der Waals surface area contributed by atoms with Crippen molar-refractivity contribution in [3.63, 3.8) is 0 Å². The number of carbonyl (C=O) groups is 2. The topological polar surface area (TPSA) is 89.3 Å². The van der Waals surface area contributed by atoms with Gasteiger partial charge >= 0.3 is 0 Å². The molecule has 4 atom stereocenters. The number of hydrogen-bond donors (Lipinski definition) is 4. The van der Waals surface area contributed by atoms with Crippen LogP contribution in [0.25, 0.3) is 10.9 Å². The maximum absolute atomic E-state index is 14.6. The Balaban J connectivity index is 1.25. The number of carbonyl (C=O) groups excluding carboxylic acids is 2. The number of aromatic amines is 1. The molecule has 4 aliphatic rings. The molecular formula is C37H56FN5O2. The lowest BCUT2D eigenvalue weighted by atomic mass is 9.65. The predicted molar refractivity (Wildman–Crippen MR) is 179 cm³/mol. The van der Waals surface area contributed by atoms with Crippen LogP contribution in [0.5, 0.6) is 0 Å². The maximum Gasteiger partial charge on any atom is 0.268 e. The van der Waals surface area contributed by atoms with Gasteiger partial charge in [0.25, 0.3) is 5.91 Å². The van der Waals surface area contributed by atoms with Crippen molar-refractivity contribution in [3.05, 3.63) is 35.3 Å². The number of piperidine rings is 2. The van der Waals surface area contributed by atoms with Crippen LogP contribution in [0.2, 0.25) is 0 Å². The van der Waals surface area contributed by atoms with Crippen molar-refractivity contribution in [3.8, 4) is 0 Å². The molecule has 2 amide bonds. The van der Waals surface area contributed by atoms with Gasteiger partial charge < -0.3 is 25.8 Å². The van der Waals surface area contributed by atoms with Crippen LogP contribution >= 0.6 is 0 Å². The number of hydrogen-bond acceptors (Lipinski definition) is 4. The first-order valence-corrected chi connectivity index (χ1v) is 18.1. The lowest BCUT2D eigenvalue weighted by molar-refractivity contribution is -0.132. The van der Waals surface area contributed by atoms with E-state index >= 15 is 0 Å². The number of nitrogens with one attached hydrogen (secondary N) is 4. The summed E-state index contributed by atoms with van der Waals surface area (Å²) >= 11 is 0. The van der Waals surface area contributed by atoms with Gasteiger partial charge in [0.05, 0.1) is 11.4 Å². The molecule has 1 spiro atoms. The average Bonchev–Trinajstić information content (AvgIpc) is 3.77. The Kier molecular flexibility index (Phi) is 10.2. The molecular weight excluding hydrogens is 565 g/mol. The number of fused-ring (bicyclic) bond motifs is 1. The first-order valence-electron chi connectivity index (χ1n) is 18.1. The fourth-order valence-corrected chi connectivity index (χ4v) is 8.77. The SMILES string of the molecule is Cc1ccc(F)c2cc(C(=O)NC(C3CC3)C3NC4(CCCCCCCCCC4)C(C(=O)NC4CCN(C)CC4)CC3C)[nH]c12. The molecule has 45 heavy (non-hydrogen) atoms. The van der Waals surface area contributed by atoms with E-state index in [2.05, 4.69) is 39.8 Å². The highest BCUT2D eigenvalue weighted by Crippen LogP contribution is 2.44. The molecule has 2 aliphatic heterocycles. The number of aryl methyl sites for hydroxylation is 1. The van der Waals surface area contributed by atoms with Crippen LogP contribution in [0.3, 0.4) is 0 Å². The largest absolute Gasteiger partial charge is 0.353 e. The summed E-state index contributed by atoms with van der Waals surface area (Å²) in [6.45, 7) is 6.26. The van der Waals surface area contributed by atoms with Gasteiger partial charge in [0.15, 0.2) is 0 Å². The van der Waals surface area contributed by atoms with Crippen LogP contribution < -0.4 is 16.0 Å². The van der Waals surface area contributed by atoms with Gasteiger partial charge in [-0.25, -0.2) is 4.39 Å². The van der Waals surface area contributed by atoms with E-state index in [1.807, 2.05) is 6.92 Å². The van der Waals surface area contributed by atoms with Gasteiger partial charge in [0.1, 0.15) is 11.5 Å². The van der Waals surface area contributed by atoms with E-state index in [4.69, 9.17) is 0 Å². The summed E-state index contributed by atoms with van der Waals surface area (Å²) in [6, 6.07) is 5.18. The highest BCUT2D eigenvalue weighted by atomic mass is 19.1.